The highest BCUT2D eigenvalue weighted by Gasteiger charge is 2.27. The van der Waals surface area contributed by atoms with E-state index in [1.807, 2.05) is 51.2 Å². The maximum absolute atomic E-state index is 11.8. The van der Waals surface area contributed by atoms with E-state index >= 15 is 0 Å². The maximum Gasteiger partial charge on any atom is 0.407 e. The average Bonchev–Trinajstić information content (AvgIpc) is 2.95. The van der Waals surface area contributed by atoms with Crippen LogP contribution in [0.5, 0.6) is 0 Å². The molecule has 5 nitrogen and oxygen atoms in total. The van der Waals surface area contributed by atoms with Gasteiger partial charge in [-0.25, -0.2) is 4.79 Å². The molecule has 5 heteroatoms. The summed E-state index contributed by atoms with van der Waals surface area (Å²) in [5.74, 6) is 0. The van der Waals surface area contributed by atoms with Gasteiger partial charge in [0, 0.05) is 18.0 Å². The van der Waals surface area contributed by atoms with Crippen molar-refractivity contribution < 1.29 is 14.3 Å². The first kappa shape index (κ1) is 16.5. The van der Waals surface area contributed by atoms with Crippen molar-refractivity contribution in [3.8, 4) is 11.1 Å². The van der Waals surface area contributed by atoms with Crippen LogP contribution in [0.1, 0.15) is 38.0 Å². The molecule has 0 radical (unpaired) electrons. The standard InChI is InChI=1S/C19H22N2O3/c1-19(2,3)24-18(22)21-11-17-15-8-4-7-14(16(15)12-23-17)13-6-5-9-20-10-13/h4-10,17H,11-12H2,1-3H3,(H,21,22)/t17-/m1/s1. The number of rotatable bonds is 3. The van der Waals surface area contributed by atoms with Gasteiger partial charge < -0.3 is 14.8 Å². The molecule has 1 aromatic heterocycles. The fourth-order valence-electron chi connectivity index (χ4n) is 2.79. The lowest BCUT2D eigenvalue weighted by Crippen LogP contribution is -2.34. The van der Waals surface area contributed by atoms with Gasteiger partial charge in [-0.1, -0.05) is 24.3 Å². The number of aromatic nitrogens is 1. The highest BCUT2D eigenvalue weighted by molar-refractivity contribution is 5.69. The van der Waals surface area contributed by atoms with Crippen LogP contribution in [-0.4, -0.2) is 23.2 Å². The van der Waals surface area contributed by atoms with Gasteiger partial charge in [-0.05, 0) is 43.5 Å². The summed E-state index contributed by atoms with van der Waals surface area (Å²) >= 11 is 0. The molecule has 1 amide bonds. The number of amides is 1. The van der Waals surface area contributed by atoms with Crippen molar-refractivity contribution in [3.63, 3.8) is 0 Å². The Bertz CT molecular complexity index is 723. The van der Waals surface area contributed by atoms with Crippen molar-refractivity contribution in [1.29, 1.82) is 0 Å². The molecule has 0 saturated heterocycles. The molecule has 1 aromatic carbocycles. The first-order valence-electron chi connectivity index (χ1n) is 8.05. The zero-order valence-corrected chi connectivity index (χ0v) is 14.2. The minimum Gasteiger partial charge on any atom is -0.444 e. The lowest BCUT2D eigenvalue weighted by atomic mass is 9.96. The number of nitrogens with zero attached hydrogens (tertiary/aromatic N) is 1. The van der Waals surface area contributed by atoms with Gasteiger partial charge in [0.2, 0.25) is 0 Å². The summed E-state index contributed by atoms with van der Waals surface area (Å²) in [6.07, 6.45) is 3.02. The van der Waals surface area contributed by atoms with Gasteiger partial charge in [0.1, 0.15) is 11.7 Å². The number of hydrogen-bond acceptors (Lipinski definition) is 4. The Morgan fingerprint density at radius 2 is 2.17 bits per heavy atom. The average molecular weight is 326 g/mol. The number of benzene rings is 1. The summed E-state index contributed by atoms with van der Waals surface area (Å²) < 4.78 is 11.1. The minimum atomic E-state index is -0.508. The van der Waals surface area contributed by atoms with Crippen LogP contribution < -0.4 is 5.32 Å². The second kappa shape index (κ2) is 6.61. The molecule has 1 N–H and O–H groups in total. The fraction of sp³-hybridized carbons (Fsp3) is 0.368. The van der Waals surface area contributed by atoms with E-state index in [2.05, 4.69) is 16.4 Å². The van der Waals surface area contributed by atoms with Crippen LogP contribution in [0.4, 0.5) is 4.79 Å². The van der Waals surface area contributed by atoms with Gasteiger partial charge in [0.25, 0.3) is 0 Å². The quantitative estimate of drug-likeness (QED) is 0.931. The molecular formula is C19H22N2O3. The van der Waals surface area contributed by atoms with Gasteiger partial charge in [-0.2, -0.15) is 0 Å². The molecular weight excluding hydrogens is 304 g/mol. The molecule has 126 valence electrons. The van der Waals surface area contributed by atoms with Crippen LogP contribution in [0.3, 0.4) is 0 Å². The van der Waals surface area contributed by atoms with E-state index in [1.165, 1.54) is 0 Å². The number of pyridine rings is 1. The molecule has 0 bridgehead atoms. The number of carbonyl (C=O) groups excluding carboxylic acids is 1. The highest BCUT2D eigenvalue weighted by atomic mass is 16.6. The van der Waals surface area contributed by atoms with Crippen molar-refractivity contribution in [2.24, 2.45) is 0 Å². The molecule has 1 aliphatic heterocycles. The Balaban J connectivity index is 1.73. The van der Waals surface area contributed by atoms with Crippen LogP contribution in [0.2, 0.25) is 0 Å². The Labute approximate surface area is 142 Å². The van der Waals surface area contributed by atoms with Crippen LogP contribution in [0.15, 0.2) is 42.7 Å². The van der Waals surface area contributed by atoms with Crippen molar-refractivity contribution >= 4 is 6.09 Å². The van der Waals surface area contributed by atoms with E-state index in [9.17, 15) is 4.79 Å². The minimum absolute atomic E-state index is 0.163. The Hall–Kier alpha value is -2.40. The van der Waals surface area contributed by atoms with Crippen LogP contribution in [0, 0.1) is 0 Å². The van der Waals surface area contributed by atoms with E-state index in [0.29, 0.717) is 13.2 Å². The molecule has 1 aliphatic rings. The van der Waals surface area contributed by atoms with Crippen LogP contribution >= 0.6 is 0 Å². The van der Waals surface area contributed by atoms with E-state index in [0.717, 1.165) is 22.3 Å². The van der Waals surface area contributed by atoms with Gasteiger partial charge in [-0.3, -0.25) is 4.98 Å². The van der Waals surface area contributed by atoms with Crippen LogP contribution in [-0.2, 0) is 16.1 Å². The summed E-state index contributed by atoms with van der Waals surface area (Å²) in [6, 6.07) is 10.1. The van der Waals surface area contributed by atoms with Gasteiger partial charge in [-0.15, -0.1) is 0 Å². The Kier molecular flexibility index (Phi) is 4.53. The van der Waals surface area contributed by atoms with Crippen molar-refractivity contribution in [3.05, 3.63) is 53.9 Å². The SMILES string of the molecule is CC(C)(C)OC(=O)NC[C@H]1OCc2c(-c3cccnc3)cccc21. The van der Waals surface area contributed by atoms with Gasteiger partial charge >= 0.3 is 6.09 Å². The van der Waals surface area contributed by atoms with Gasteiger partial charge in [0.05, 0.1) is 13.2 Å². The second-order valence-electron chi connectivity index (χ2n) is 6.80. The Morgan fingerprint density at radius 3 is 2.88 bits per heavy atom. The molecule has 0 unspecified atom stereocenters. The van der Waals surface area contributed by atoms with Crippen LogP contribution in [0.25, 0.3) is 11.1 Å². The van der Waals surface area contributed by atoms with E-state index in [-0.39, 0.29) is 6.10 Å². The summed E-state index contributed by atoms with van der Waals surface area (Å²) in [7, 11) is 0. The zero-order chi connectivity index (χ0) is 17.2. The third-order valence-corrected chi connectivity index (χ3v) is 3.79. The predicted octanol–water partition coefficient (Wildman–Crippen LogP) is 3.84. The number of alkyl carbamates (subject to hydrolysis) is 1. The number of fused-ring (bicyclic) bond motifs is 1. The number of nitrogens with one attached hydrogen (secondary N) is 1. The Morgan fingerprint density at radius 1 is 1.33 bits per heavy atom. The van der Waals surface area contributed by atoms with E-state index in [4.69, 9.17) is 9.47 Å². The lowest BCUT2D eigenvalue weighted by Gasteiger charge is -2.20. The lowest BCUT2D eigenvalue weighted by molar-refractivity contribution is 0.0395. The predicted molar refractivity (Wildman–Crippen MR) is 91.4 cm³/mol. The van der Waals surface area contributed by atoms with Crippen molar-refractivity contribution in [1.82, 2.24) is 10.3 Å². The van der Waals surface area contributed by atoms with E-state index in [1.54, 1.807) is 6.20 Å². The van der Waals surface area contributed by atoms with Crippen molar-refractivity contribution in [2.75, 3.05) is 6.54 Å². The first-order chi connectivity index (χ1) is 11.4. The smallest absolute Gasteiger partial charge is 0.407 e. The molecule has 0 fully saturated rings. The summed E-state index contributed by atoms with van der Waals surface area (Å²) in [5.41, 5.74) is 3.94. The molecule has 0 saturated carbocycles. The summed E-state index contributed by atoms with van der Waals surface area (Å²) in [6.45, 7) is 6.44. The molecule has 1 atom stereocenters. The molecule has 3 rings (SSSR count). The second-order valence-corrected chi connectivity index (χ2v) is 6.80. The van der Waals surface area contributed by atoms with E-state index < -0.39 is 11.7 Å². The monoisotopic (exact) mass is 326 g/mol. The summed E-state index contributed by atoms with van der Waals surface area (Å²) in [5, 5.41) is 2.78. The van der Waals surface area contributed by atoms with Gasteiger partial charge in [0.15, 0.2) is 0 Å². The number of hydrogen-bond donors (Lipinski definition) is 1. The molecule has 2 heterocycles. The maximum atomic E-state index is 11.8. The largest absolute Gasteiger partial charge is 0.444 e. The zero-order valence-electron chi connectivity index (χ0n) is 14.2. The van der Waals surface area contributed by atoms with Crippen molar-refractivity contribution in [2.45, 2.75) is 39.1 Å². The number of carbonyl (C=O) groups is 1. The molecule has 0 spiro atoms. The first-order valence-corrected chi connectivity index (χ1v) is 8.05. The molecule has 0 aliphatic carbocycles. The third-order valence-electron chi connectivity index (χ3n) is 3.79. The topological polar surface area (TPSA) is 60.5 Å². The summed E-state index contributed by atoms with van der Waals surface area (Å²) in [4.78, 5) is 16.0. The molecule has 2 aromatic rings. The normalized spacial score (nSPS) is 16.5. The fourth-order valence-corrected chi connectivity index (χ4v) is 2.79. The third kappa shape index (κ3) is 3.74. The number of ether oxygens (including phenoxy) is 2. The molecule has 24 heavy (non-hydrogen) atoms. The highest BCUT2D eigenvalue weighted by Crippen LogP contribution is 2.36.